The molecular formula is C20H18F4N2O2. The van der Waals surface area contributed by atoms with Crippen molar-refractivity contribution in [2.45, 2.75) is 26.1 Å². The van der Waals surface area contributed by atoms with Crippen LogP contribution in [0.5, 0.6) is 0 Å². The van der Waals surface area contributed by atoms with Gasteiger partial charge in [0.1, 0.15) is 5.82 Å². The number of hydrogen-bond acceptors (Lipinski definition) is 2. The van der Waals surface area contributed by atoms with E-state index in [-0.39, 0.29) is 35.5 Å². The second-order valence-corrected chi connectivity index (χ2v) is 6.88. The van der Waals surface area contributed by atoms with Crippen molar-refractivity contribution >= 4 is 17.5 Å². The molecule has 3 rings (SSSR count). The Morgan fingerprint density at radius 1 is 1.11 bits per heavy atom. The Balaban J connectivity index is 1.68. The average molecular weight is 394 g/mol. The first kappa shape index (κ1) is 19.9. The lowest BCUT2D eigenvalue weighted by Crippen LogP contribution is -2.25. The number of benzene rings is 2. The normalized spacial score (nSPS) is 18.5. The fourth-order valence-electron chi connectivity index (χ4n) is 2.82. The number of amides is 2. The minimum atomic E-state index is -4.44. The number of carbonyl (C=O) groups excluding carboxylic acids is 2. The van der Waals surface area contributed by atoms with Crippen LogP contribution in [0.2, 0.25) is 0 Å². The maximum atomic E-state index is 13.6. The van der Waals surface area contributed by atoms with Crippen molar-refractivity contribution < 1.29 is 27.2 Å². The monoisotopic (exact) mass is 394 g/mol. The van der Waals surface area contributed by atoms with Crippen LogP contribution in [0.15, 0.2) is 42.5 Å². The zero-order valence-corrected chi connectivity index (χ0v) is 14.9. The number of nitrogens with one attached hydrogen (secondary N) is 2. The van der Waals surface area contributed by atoms with E-state index in [4.69, 9.17) is 0 Å². The molecule has 2 N–H and O–H groups in total. The third kappa shape index (κ3) is 4.68. The second kappa shape index (κ2) is 7.61. The van der Waals surface area contributed by atoms with Gasteiger partial charge in [-0.1, -0.05) is 19.1 Å². The smallest absolute Gasteiger partial charge is 0.348 e. The van der Waals surface area contributed by atoms with E-state index in [1.807, 2.05) is 6.92 Å². The molecule has 2 amide bonds. The van der Waals surface area contributed by atoms with Crippen molar-refractivity contribution in [1.82, 2.24) is 5.32 Å². The Morgan fingerprint density at radius 2 is 1.75 bits per heavy atom. The molecule has 2 aromatic rings. The quantitative estimate of drug-likeness (QED) is 0.740. The van der Waals surface area contributed by atoms with E-state index < -0.39 is 23.5 Å². The van der Waals surface area contributed by atoms with Gasteiger partial charge in [0.2, 0.25) is 5.91 Å². The van der Waals surface area contributed by atoms with E-state index in [9.17, 15) is 27.2 Å². The Bertz CT molecular complexity index is 894. The van der Waals surface area contributed by atoms with Crippen molar-refractivity contribution in [2.75, 3.05) is 5.32 Å². The van der Waals surface area contributed by atoms with E-state index in [2.05, 4.69) is 10.6 Å². The van der Waals surface area contributed by atoms with Crippen molar-refractivity contribution in [3.8, 4) is 0 Å². The maximum Gasteiger partial charge on any atom is 0.416 e. The fourth-order valence-corrected chi connectivity index (χ4v) is 2.82. The third-order valence-electron chi connectivity index (χ3n) is 4.66. The van der Waals surface area contributed by atoms with Gasteiger partial charge >= 0.3 is 6.18 Å². The van der Waals surface area contributed by atoms with E-state index in [0.29, 0.717) is 5.56 Å². The summed E-state index contributed by atoms with van der Waals surface area (Å²) in [6.45, 7) is 1.90. The van der Waals surface area contributed by atoms with Gasteiger partial charge in [0.05, 0.1) is 16.8 Å². The Kier molecular flexibility index (Phi) is 5.40. The molecule has 0 heterocycles. The van der Waals surface area contributed by atoms with Crippen LogP contribution in [0.1, 0.15) is 34.8 Å². The molecule has 2 unspecified atom stereocenters. The molecule has 0 bridgehead atoms. The van der Waals surface area contributed by atoms with Crippen LogP contribution in [-0.2, 0) is 17.5 Å². The average Bonchev–Trinajstić information content (AvgIpc) is 3.37. The first-order valence-electron chi connectivity index (χ1n) is 8.70. The molecule has 0 aromatic heterocycles. The molecule has 8 heteroatoms. The maximum absolute atomic E-state index is 13.6. The van der Waals surface area contributed by atoms with Gasteiger partial charge in [-0.15, -0.1) is 0 Å². The fraction of sp³-hybridized carbons (Fsp3) is 0.300. The molecule has 0 saturated heterocycles. The first-order valence-corrected chi connectivity index (χ1v) is 8.70. The predicted octanol–water partition coefficient (Wildman–Crippen LogP) is 4.37. The van der Waals surface area contributed by atoms with Crippen LogP contribution < -0.4 is 10.6 Å². The molecule has 2 aromatic carbocycles. The highest BCUT2D eigenvalue weighted by Gasteiger charge is 2.39. The zero-order chi connectivity index (χ0) is 20.5. The van der Waals surface area contributed by atoms with Crippen LogP contribution in [0.3, 0.4) is 0 Å². The summed E-state index contributed by atoms with van der Waals surface area (Å²) in [7, 11) is 0. The number of rotatable bonds is 5. The van der Waals surface area contributed by atoms with Crippen LogP contribution in [0.25, 0.3) is 0 Å². The molecule has 0 spiro atoms. The summed E-state index contributed by atoms with van der Waals surface area (Å²) >= 11 is 0. The largest absolute Gasteiger partial charge is 0.416 e. The molecular weight excluding hydrogens is 376 g/mol. The van der Waals surface area contributed by atoms with Crippen LogP contribution in [-0.4, -0.2) is 11.8 Å². The van der Waals surface area contributed by atoms with Gasteiger partial charge < -0.3 is 10.6 Å². The standard InChI is InChI=1S/C20H18F4N2O2/c1-11-8-15(11)19(28)26-17-7-6-14(21)9-16(17)18(27)25-10-12-2-4-13(5-3-12)20(22,23)24/h2-7,9,11,15H,8,10H2,1H3,(H,25,27)(H,26,28). The van der Waals surface area contributed by atoms with Crippen molar-refractivity contribution in [3.63, 3.8) is 0 Å². The molecule has 1 saturated carbocycles. The van der Waals surface area contributed by atoms with Gasteiger partial charge in [-0.05, 0) is 48.2 Å². The number of alkyl halides is 3. The first-order chi connectivity index (χ1) is 13.1. The minimum Gasteiger partial charge on any atom is -0.348 e. The molecule has 28 heavy (non-hydrogen) atoms. The highest BCUT2D eigenvalue weighted by molar-refractivity contribution is 6.04. The lowest BCUT2D eigenvalue weighted by Gasteiger charge is -2.12. The van der Waals surface area contributed by atoms with Crippen LogP contribution >= 0.6 is 0 Å². The summed E-state index contributed by atoms with van der Waals surface area (Å²) in [5, 5.41) is 5.17. The Morgan fingerprint density at radius 3 is 2.32 bits per heavy atom. The van der Waals surface area contributed by atoms with E-state index in [1.54, 1.807) is 0 Å². The molecule has 1 aliphatic rings. The molecule has 148 valence electrons. The minimum absolute atomic E-state index is 0.0411. The summed E-state index contributed by atoms with van der Waals surface area (Å²) in [4.78, 5) is 24.5. The van der Waals surface area contributed by atoms with Crippen molar-refractivity contribution in [1.29, 1.82) is 0 Å². The topological polar surface area (TPSA) is 58.2 Å². The number of halogens is 4. The van der Waals surface area contributed by atoms with Gasteiger partial charge in [-0.2, -0.15) is 13.2 Å². The molecule has 1 fully saturated rings. The van der Waals surface area contributed by atoms with Gasteiger partial charge in [0.25, 0.3) is 5.91 Å². The second-order valence-electron chi connectivity index (χ2n) is 6.88. The van der Waals surface area contributed by atoms with Crippen molar-refractivity contribution in [3.05, 3.63) is 65.0 Å². The summed E-state index contributed by atoms with van der Waals surface area (Å²) < 4.78 is 51.4. The summed E-state index contributed by atoms with van der Waals surface area (Å²) in [6, 6.07) is 7.82. The lowest BCUT2D eigenvalue weighted by atomic mass is 10.1. The SMILES string of the molecule is CC1CC1C(=O)Nc1ccc(F)cc1C(=O)NCc1ccc(C(F)(F)F)cc1. The Hall–Kier alpha value is -2.90. The molecule has 0 aliphatic heterocycles. The van der Waals surface area contributed by atoms with Gasteiger partial charge in [-0.25, -0.2) is 4.39 Å². The summed E-state index contributed by atoms with van der Waals surface area (Å²) in [6.07, 6.45) is -3.67. The molecule has 1 aliphatic carbocycles. The van der Waals surface area contributed by atoms with Gasteiger partial charge in [0.15, 0.2) is 0 Å². The zero-order valence-electron chi connectivity index (χ0n) is 14.9. The van der Waals surface area contributed by atoms with Gasteiger partial charge in [0, 0.05) is 12.5 Å². The van der Waals surface area contributed by atoms with E-state index >= 15 is 0 Å². The summed E-state index contributed by atoms with van der Waals surface area (Å²) in [5.41, 5.74) is -0.189. The number of hydrogen-bond donors (Lipinski definition) is 2. The predicted molar refractivity (Wildman–Crippen MR) is 94.9 cm³/mol. The lowest BCUT2D eigenvalue weighted by molar-refractivity contribution is -0.137. The van der Waals surface area contributed by atoms with E-state index in [1.165, 1.54) is 18.2 Å². The van der Waals surface area contributed by atoms with E-state index in [0.717, 1.165) is 30.7 Å². The third-order valence-corrected chi connectivity index (χ3v) is 4.66. The highest BCUT2D eigenvalue weighted by Crippen LogP contribution is 2.38. The van der Waals surface area contributed by atoms with Crippen LogP contribution in [0, 0.1) is 17.7 Å². The molecule has 4 nitrogen and oxygen atoms in total. The number of carbonyl (C=O) groups is 2. The number of anilines is 1. The van der Waals surface area contributed by atoms with Crippen molar-refractivity contribution in [2.24, 2.45) is 11.8 Å². The molecule has 2 atom stereocenters. The van der Waals surface area contributed by atoms with Crippen LogP contribution in [0.4, 0.5) is 23.2 Å². The summed E-state index contributed by atoms with van der Waals surface area (Å²) in [5.74, 6) is -1.35. The highest BCUT2D eigenvalue weighted by atomic mass is 19.4. The molecule has 0 radical (unpaired) electrons. The van der Waals surface area contributed by atoms with Gasteiger partial charge in [-0.3, -0.25) is 9.59 Å². The Labute approximate surface area is 158 Å².